The molecule has 0 aliphatic heterocycles. The zero-order chi connectivity index (χ0) is 16.4. The lowest BCUT2D eigenvalue weighted by Crippen LogP contribution is -2.20. The SMILES string of the molecule is CC(C)(C)c1cc([C@@H](N)CCCN)c(O)c(C(C)(C)C)c1.Cl. The second-order valence-electron chi connectivity index (χ2n) is 8.00. The number of benzene rings is 1. The van der Waals surface area contributed by atoms with Crippen molar-refractivity contribution >= 4 is 12.4 Å². The van der Waals surface area contributed by atoms with Gasteiger partial charge in [0.15, 0.2) is 0 Å². The minimum atomic E-state index is -0.169. The Kier molecular flexibility index (Phi) is 7.40. The molecular formula is C18H33ClN2O. The van der Waals surface area contributed by atoms with Crippen LogP contribution in [0.25, 0.3) is 0 Å². The van der Waals surface area contributed by atoms with Gasteiger partial charge in [-0.25, -0.2) is 0 Å². The minimum absolute atomic E-state index is 0. The van der Waals surface area contributed by atoms with E-state index in [1.54, 1.807) is 0 Å². The molecule has 22 heavy (non-hydrogen) atoms. The highest BCUT2D eigenvalue weighted by Crippen LogP contribution is 2.40. The number of phenolic OH excluding ortho intramolecular Hbond substituents is 1. The maximum absolute atomic E-state index is 10.7. The van der Waals surface area contributed by atoms with E-state index in [1.165, 1.54) is 5.56 Å². The monoisotopic (exact) mass is 328 g/mol. The van der Waals surface area contributed by atoms with E-state index in [2.05, 4.69) is 53.7 Å². The molecule has 0 radical (unpaired) electrons. The Balaban J connectivity index is 0.00000441. The van der Waals surface area contributed by atoms with Crippen LogP contribution in [0.5, 0.6) is 5.75 Å². The third-order valence-corrected chi connectivity index (χ3v) is 3.93. The molecule has 128 valence electrons. The highest BCUT2D eigenvalue weighted by Gasteiger charge is 2.26. The van der Waals surface area contributed by atoms with E-state index in [-0.39, 0.29) is 29.3 Å². The van der Waals surface area contributed by atoms with Crippen LogP contribution in [0.3, 0.4) is 0 Å². The van der Waals surface area contributed by atoms with E-state index in [0.29, 0.717) is 12.3 Å². The van der Waals surface area contributed by atoms with Crippen LogP contribution in [-0.4, -0.2) is 11.7 Å². The molecule has 0 amide bonds. The summed E-state index contributed by atoms with van der Waals surface area (Å²) in [6.45, 7) is 13.5. The van der Waals surface area contributed by atoms with Crippen LogP contribution >= 0.6 is 12.4 Å². The highest BCUT2D eigenvalue weighted by molar-refractivity contribution is 5.85. The zero-order valence-electron chi connectivity index (χ0n) is 14.9. The van der Waals surface area contributed by atoms with Crippen molar-refractivity contribution in [2.24, 2.45) is 11.5 Å². The molecule has 1 rings (SSSR count). The maximum atomic E-state index is 10.7. The number of halogens is 1. The van der Waals surface area contributed by atoms with E-state index in [1.807, 2.05) is 0 Å². The van der Waals surface area contributed by atoms with Gasteiger partial charge in [-0.3, -0.25) is 0 Å². The smallest absolute Gasteiger partial charge is 0.124 e. The standard InChI is InChI=1S/C18H32N2O.ClH/c1-17(2,3)12-10-13(15(20)8-7-9-19)16(21)14(11-12)18(4,5)6;/h10-11,15,21H,7-9,19-20H2,1-6H3;1H/t15-;/m0./s1. The van der Waals surface area contributed by atoms with Crippen LogP contribution in [-0.2, 0) is 10.8 Å². The molecule has 0 fully saturated rings. The third-order valence-electron chi connectivity index (χ3n) is 3.93. The van der Waals surface area contributed by atoms with Crippen molar-refractivity contribution in [2.45, 2.75) is 71.3 Å². The number of hydrogen-bond donors (Lipinski definition) is 3. The molecule has 0 bridgehead atoms. The van der Waals surface area contributed by atoms with Gasteiger partial charge in [0.25, 0.3) is 0 Å². The molecule has 5 N–H and O–H groups in total. The van der Waals surface area contributed by atoms with Gasteiger partial charge in [0.05, 0.1) is 0 Å². The number of aromatic hydroxyl groups is 1. The second kappa shape index (κ2) is 7.67. The quantitative estimate of drug-likeness (QED) is 0.777. The molecule has 0 spiro atoms. The lowest BCUT2D eigenvalue weighted by Gasteiger charge is -2.29. The fourth-order valence-electron chi connectivity index (χ4n) is 2.44. The minimum Gasteiger partial charge on any atom is -0.507 e. The Bertz CT molecular complexity index is 487. The number of phenols is 1. The van der Waals surface area contributed by atoms with E-state index in [4.69, 9.17) is 11.5 Å². The summed E-state index contributed by atoms with van der Waals surface area (Å²) in [4.78, 5) is 0. The van der Waals surface area contributed by atoms with Gasteiger partial charge in [-0.2, -0.15) is 0 Å². The summed E-state index contributed by atoms with van der Waals surface area (Å²) in [5.41, 5.74) is 14.8. The Morgan fingerprint density at radius 1 is 1.05 bits per heavy atom. The van der Waals surface area contributed by atoms with Crippen molar-refractivity contribution in [3.63, 3.8) is 0 Å². The van der Waals surface area contributed by atoms with Gasteiger partial charge >= 0.3 is 0 Å². The van der Waals surface area contributed by atoms with E-state index < -0.39 is 0 Å². The average Bonchev–Trinajstić information content (AvgIpc) is 2.33. The molecule has 0 aliphatic rings. The van der Waals surface area contributed by atoms with Crippen molar-refractivity contribution in [2.75, 3.05) is 6.54 Å². The second-order valence-corrected chi connectivity index (χ2v) is 8.00. The number of hydrogen-bond acceptors (Lipinski definition) is 3. The van der Waals surface area contributed by atoms with Gasteiger partial charge in [-0.1, -0.05) is 47.6 Å². The summed E-state index contributed by atoms with van der Waals surface area (Å²) < 4.78 is 0. The zero-order valence-corrected chi connectivity index (χ0v) is 15.7. The van der Waals surface area contributed by atoms with Crippen molar-refractivity contribution in [1.82, 2.24) is 0 Å². The molecule has 1 aromatic rings. The molecule has 0 saturated heterocycles. The fraction of sp³-hybridized carbons (Fsp3) is 0.667. The summed E-state index contributed by atoms with van der Waals surface area (Å²) in [6.07, 6.45) is 1.66. The first-order chi connectivity index (χ1) is 9.48. The largest absolute Gasteiger partial charge is 0.507 e. The first kappa shape index (κ1) is 21.2. The summed E-state index contributed by atoms with van der Waals surface area (Å²) in [6, 6.07) is 4.01. The molecule has 4 heteroatoms. The van der Waals surface area contributed by atoms with Gasteiger partial charge in [0.1, 0.15) is 5.75 Å². The Labute approximate surface area is 141 Å². The molecule has 0 aromatic heterocycles. The molecule has 3 nitrogen and oxygen atoms in total. The van der Waals surface area contributed by atoms with Gasteiger partial charge in [0, 0.05) is 11.6 Å². The molecule has 0 saturated carbocycles. The Morgan fingerprint density at radius 2 is 1.59 bits per heavy atom. The molecule has 1 atom stereocenters. The highest BCUT2D eigenvalue weighted by atomic mass is 35.5. The lowest BCUT2D eigenvalue weighted by atomic mass is 9.78. The van der Waals surface area contributed by atoms with Gasteiger partial charge < -0.3 is 16.6 Å². The van der Waals surface area contributed by atoms with Gasteiger partial charge in [-0.05, 0) is 47.4 Å². The van der Waals surface area contributed by atoms with Crippen molar-refractivity contribution < 1.29 is 5.11 Å². The Morgan fingerprint density at radius 3 is 2.00 bits per heavy atom. The summed E-state index contributed by atoms with van der Waals surface area (Å²) >= 11 is 0. The molecule has 0 unspecified atom stereocenters. The molecular weight excluding hydrogens is 296 g/mol. The van der Waals surface area contributed by atoms with E-state index >= 15 is 0 Å². The number of rotatable bonds is 4. The summed E-state index contributed by atoms with van der Waals surface area (Å²) in [7, 11) is 0. The summed E-state index contributed by atoms with van der Waals surface area (Å²) in [5.74, 6) is 0.347. The van der Waals surface area contributed by atoms with E-state index in [0.717, 1.165) is 24.0 Å². The van der Waals surface area contributed by atoms with Crippen LogP contribution in [0.15, 0.2) is 12.1 Å². The van der Waals surface area contributed by atoms with Crippen LogP contribution in [0.4, 0.5) is 0 Å². The van der Waals surface area contributed by atoms with Gasteiger partial charge in [0.2, 0.25) is 0 Å². The third kappa shape index (κ3) is 5.15. The maximum Gasteiger partial charge on any atom is 0.124 e. The van der Waals surface area contributed by atoms with Crippen LogP contribution < -0.4 is 11.5 Å². The fourth-order valence-corrected chi connectivity index (χ4v) is 2.44. The number of nitrogens with two attached hydrogens (primary N) is 2. The van der Waals surface area contributed by atoms with Crippen molar-refractivity contribution in [3.8, 4) is 5.75 Å². The Hall–Kier alpha value is -0.770. The molecule has 1 aromatic carbocycles. The normalized spacial score (nSPS) is 13.6. The predicted molar refractivity (Wildman–Crippen MR) is 98.0 cm³/mol. The predicted octanol–water partition coefficient (Wildman–Crippen LogP) is 4.15. The topological polar surface area (TPSA) is 72.3 Å². The lowest BCUT2D eigenvalue weighted by molar-refractivity contribution is 0.429. The average molecular weight is 329 g/mol. The molecule has 0 aliphatic carbocycles. The first-order valence-corrected chi connectivity index (χ1v) is 7.82. The van der Waals surface area contributed by atoms with Crippen LogP contribution in [0.2, 0.25) is 0 Å². The summed E-state index contributed by atoms with van der Waals surface area (Å²) in [5, 5.41) is 10.7. The van der Waals surface area contributed by atoms with Crippen molar-refractivity contribution in [1.29, 1.82) is 0 Å². The van der Waals surface area contributed by atoms with Crippen molar-refractivity contribution in [3.05, 3.63) is 28.8 Å². The molecule has 0 heterocycles. The van der Waals surface area contributed by atoms with Gasteiger partial charge in [-0.15, -0.1) is 12.4 Å². The van der Waals surface area contributed by atoms with Crippen LogP contribution in [0, 0.1) is 0 Å². The van der Waals surface area contributed by atoms with E-state index in [9.17, 15) is 5.11 Å². The van der Waals surface area contributed by atoms with Crippen LogP contribution in [0.1, 0.15) is 77.1 Å². The first-order valence-electron chi connectivity index (χ1n) is 7.82.